The molecule has 0 spiro atoms. The number of hydrogen-bond acceptors (Lipinski definition) is 2. The highest BCUT2D eigenvalue weighted by atomic mass is 16.4. The van der Waals surface area contributed by atoms with E-state index in [1.165, 1.54) is 0 Å². The maximum absolute atomic E-state index is 11.0. The van der Waals surface area contributed by atoms with Gasteiger partial charge in [-0.1, -0.05) is 27.7 Å². The molecule has 3 nitrogen and oxygen atoms in total. The Morgan fingerprint density at radius 1 is 1.38 bits per heavy atom. The second-order valence-corrected chi connectivity index (χ2v) is 6.02. The number of aliphatic carboxylic acids is 1. The van der Waals surface area contributed by atoms with E-state index in [0.29, 0.717) is 30.2 Å². The van der Waals surface area contributed by atoms with Gasteiger partial charge in [-0.05, 0) is 42.1 Å². The lowest BCUT2D eigenvalue weighted by Crippen LogP contribution is -2.57. The van der Waals surface area contributed by atoms with Crippen LogP contribution >= 0.6 is 0 Å². The number of carboxylic acids is 1. The van der Waals surface area contributed by atoms with E-state index in [2.05, 4.69) is 27.7 Å². The van der Waals surface area contributed by atoms with E-state index in [1.54, 1.807) is 0 Å². The van der Waals surface area contributed by atoms with E-state index in [1.807, 2.05) is 0 Å². The zero-order valence-corrected chi connectivity index (χ0v) is 10.9. The third-order valence-electron chi connectivity index (χ3n) is 4.29. The molecule has 1 saturated carbocycles. The van der Waals surface area contributed by atoms with Crippen molar-refractivity contribution in [1.82, 2.24) is 0 Å². The summed E-state index contributed by atoms with van der Waals surface area (Å²) >= 11 is 0. The van der Waals surface area contributed by atoms with Crippen molar-refractivity contribution in [1.29, 1.82) is 0 Å². The molecule has 16 heavy (non-hydrogen) atoms. The first-order valence-corrected chi connectivity index (χ1v) is 6.26. The molecule has 0 saturated heterocycles. The Kier molecular flexibility index (Phi) is 4.00. The van der Waals surface area contributed by atoms with E-state index in [9.17, 15) is 4.79 Å². The Morgan fingerprint density at radius 2 is 1.94 bits per heavy atom. The minimum Gasteiger partial charge on any atom is -0.481 e. The van der Waals surface area contributed by atoms with Gasteiger partial charge in [0.05, 0.1) is 6.42 Å². The lowest BCUT2D eigenvalue weighted by molar-refractivity contribution is -0.151. The summed E-state index contributed by atoms with van der Waals surface area (Å²) in [6, 6.07) is 0. The molecule has 0 heterocycles. The van der Waals surface area contributed by atoms with E-state index in [-0.39, 0.29) is 11.8 Å². The summed E-state index contributed by atoms with van der Waals surface area (Å²) in [5, 5.41) is 9.01. The maximum Gasteiger partial charge on any atom is 0.303 e. The van der Waals surface area contributed by atoms with Crippen molar-refractivity contribution >= 4 is 5.97 Å². The smallest absolute Gasteiger partial charge is 0.303 e. The van der Waals surface area contributed by atoms with Crippen LogP contribution in [0.1, 0.15) is 40.5 Å². The van der Waals surface area contributed by atoms with E-state index >= 15 is 0 Å². The van der Waals surface area contributed by atoms with Gasteiger partial charge in [0.15, 0.2) is 0 Å². The van der Waals surface area contributed by atoms with Crippen molar-refractivity contribution < 1.29 is 9.90 Å². The van der Waals surface area contributed by atoms with Gasteiger partial charge in [0.2, 0.25) is 0 Å². The second kappa shape index (κ2) is 4.74. The van der Waals surface area contributed by atoms with E-state index in [4.69, 9.17) is 10.8 Å². The maximum atomic E-state index is 11.0. The molecule has 0 bridgehead atoms. The molecule has 3 atom stereocenters. The molecule has 1 fully saturated rings. The predicted octanol–water partition coefficient (Wildman–Crippen LogP) is 2.35. The van der Waals surface area contributed by atoms with Crippen LogP contribution < -0.4 is 5.73 Å². The molecule has 0 radical (unpaired) electrons. The van der Waals surface area contributed by atoms with Crippen LogP contribution in [0.4, 0.5) is 0 Å². The normalized spacial score (nSPS) is 34.2. The van der Waals surface area contributed by atoms with Gasteiger partial charge in [0.1, 0.15) is 0 Å². The number of carbonyl (C=O) groups is 1. The largest absolute Gasteiger partial charge is 0.481 e. The minimum absolute atomic E-state index is 0.144. The van der Waals surface area contributed by atoms with Gasteiger partial charge in [-0.15, -0.1) is 0 Å². The second-order valence-electron chi connectivity index (χ2n) is 6.02. The standard InChI is InChI=1S/C13H25NO2/c1-8(2)10-5-13(7-14,6-11(15)16)12(10)9(3)4/h8-10,12H,5-7,14H2,1-4H3,(H,15,16). The average Bonchev–Trinajstić information content (AvgIpc) is 2.09. The highest BCUT2D eigenvalue weighted by Crippen LogP contribution is 2.58. The number of rotatable bonds is 5. The van der Waals surface area contributed by atoms with E-state index < -0.39 is 5.97 Å². The summed E-state index contributed by atoms with van der Waals surface area (Å²) < 4.78 is 0. The van der Waals surface area contributed by atoms with Crippen molar-refractivity contribution in [3.63, 3.8) is 0 Å². The fraction of sp³-hybridized carbons (Fsp3) is 0.923. The van der Waals surface area contributed by atoms with Crippen molar-refractivity contribution in [2.75, 3.05) is 6.54 Å². The summed E-state index contributed by atoms with van der Waals surface area (Å²) in [6.45, 7) is 9.32. The summed E-state index contributed by atoms with van der Waals surface area (Å²) in [5.74, 6) is 1.54. The van der Waals surface area contributed by atoms with Crippen molar-refractivity contribution in [3.8, 4) is 0 Å². The molecule has 1 aliphatic carbocycles. The van der Waals surface area contributed by atoms with Crippen LogP contribution in [-0.4, -0.2) is 17.6 Å². The molecule has 0 amide bonds. The van der Waals surface area contributed by atoms with Gasteiger partial charge in [-0.25, -0.2) is 0 Å². The summed E-state index contributed by atoms with van der Waals surface area (Å²) in [6.07, 6.45) is 1.21. The molecule has 1 aliphatic rings. The number of hydrogen-bond donors (Lipinski definition) is 2. The van der Waals surface area contributed by atoms with Gasteiger partial charge in [-0.2, -0.15) is 0 Å². The first kappa shape index (κ1) is 13.5. The summed E-state index contributed by atoms with van der Waals surface area (Å²) in [7, 11) is 0. The molecule has 0 aromatic rings. The van der Waals surface area contributed by atoms with Crippen LogP contribution in [0.3, 0.4) is 0 Å². The molecule has 0 aliphatic heterocycles. The van der Waals surface area contributed by atoms with Gasteiger partial charge in [-0.3, -0.25) is 4.79 Å². The third kappa shape index (κ3) is 2.24. The van der Waals surface area contributed by atoms with Gasteiger partial charge in [0, 0.05) is 0 Å². The van der Waals surface area contributed by atoms with Crippen LogP contribution in [0.2, 0.25) is 0 Å². The monoisotopic (exact) mass is 227 g/mol. The molecule has 0 aromatic heterocycles. The van der Waals surface area contributed by atoms with Crippen LogP contribution in [0, 0.1) is 29.1 Å². The molecule has 0 aromatic carbocycles. The SMILES string of the molecule is CC(C)C1CC(CN)(CC(=O)O)C1C(C)C. The van der Waals surface area contributed by atoms with Crippen molar-refractivity contribution in [3.05, 3.63) is 0 Å². The Labute approximate surface area is 98.4 Å². The Bertz CT molecular complexity index is 263. The van der Waals surface area contributed by atoms with Crippen molar-refractivity contribution in [2.45, 2.75) is 40.5 Å². The zero-order valence-electron chi connectivity index (χ0n) is 10.9. The fourth-order valence-corrected chi connectivity index (χ4v) is 3.66. The molecule has 3 N–H and O–H groups in total. The summed E-state index contributed by atoms with van der Waals surface area (Å²) in [4.78, 5) is 11.0. The molecular weight excluding hydrogens is 202 g/mol. The van der Waals surface area contributed by atoms with Crippen LogP contribution in [0.5, 0.6) is 0 Å². The number of nitrogens with two attached hydrogens (primary N) is 1. The highest BCUT2D eigenvalue weighted by Gasteiger charge is 2.55. The van der Waals surface area contributed by atoms with Crippen LogP contribution in [0.15, 0.2) is 0 Å². The third-order valence-corrected chi connectivity index (χ3v) is 4.29. The van der Waals surface area contributed by atoms with Crippen LogP contribution in [0.25, 0.3) is 0 Å². The lowest BCUT2D eigenvalue weighted by atomic mass is 9.47. The first-order chi connectivity index (χ1) is 7.34. The van der Waals surface area contributed by atoms with Gasteiger partial charge < -0.3 is 10.8 Å². The molecule has 94 valence electrons. The quantitative estimate of drug-likeness (QED) is 0.758. The topological polar surface area (TPSA) is 63.3 Å². The Balaban J connectivity index is 2.84. The molecule has 3 unspecified atom stereocenters. The predicted molar refractivity (Wildman–Crippen MR) is 65.0 cm³/mol. The molecular formula is C13H25NO2. The summed E-state index contributed by atoms with van der Waals surface area (Å²) in [5.41, 5.74) is 5.70. The lowest BCUT2D eigenvalue weighted by Gasteiger charge is -2.58. The highest BCUT2D eigenvalue weighted by molar-refractivity contribution is 5.68. The van der Waals surface area contributed by atoms with Gasteiger partial charge >= 0.3 is 5.97 Å². The number of carboxylic acid groups (broad SMARTS) is 1. The zero-order chi connectivity index (χ0) is 12.5. The van der Waals surface area contributed by atoms with Gasteiger partial charge in [0.25, 0.3) is 0 Å². The fourth-order valence-electron chi connectivity index (χ4n) is 3.66. The molecule has 1 rings (SSSR count). The van der Waals surface area contributed by atoms with Crippen molar-refractivity contribution in [2.24, 2.45) is 34.8 Å². The minimum atomic E-state index is -0.710. The molecule has 3 heteroatoms. The first-order valence-electron chi connectivity index (χ1n) is 6.26. The average molecular weight is 227 g/mol. The Hall–Kier alpha value is -0.570. The van der Waals surface area contributed by atoms with Crippen LogP contribution in [-0.2, 0) is 4.79 Å². The van der Waals surface area contributed by atoms with E-state index in [0.717, 1.165) is 6.42 Å². The Morgan fingerprint density at radius 3 is 2.25 bits per heavy atom.